The summed E-state index contributed by atoms with van der Waals surface area (Å²) >= 11 is 0. The van der Waals surface area contributed by atoms with Crippen molar-refractivity contribution in [1.82, 2.24) is 14.7 Å². The fraction of sp³-hybridized carbons (Fsp3) is 0.360. The van der Waals surface area contributed by atoms with E-state index >= 15 is 0 Å². The molecule has 6 heteroatoms. The van der Waals surface area contributed by atoms with Crippen molar-refractivity contribution in [2.45, 2.75) is 45.5 Å². The minimum atomic E-state index is -0.267. The molecule has 2 aliphatic heterocycles. The molecule has 0 bridgehead atoms. The lowest BCUT2D eigenvalue weighted by atomic mass is 10.0. The second-order valence-electron chi connectivity index (χ2n) is 8.41. The van der Waals surface area contributed by atoms with Gasteiger partial charge < -0.3 is 15.0 Å². The molecule has 160 valence electrons. The number of para-hydroxylation sites is 1. The highest BCUT2D eigenvalue weighted by Crippen LogP contribution is 2.36. The first-order valence-corrected chi connectivity index (χ1v) is 11.0. The highest BCUT2D eigenvalue weighted by Gasteiger charge is 2.37. The lowest BCUT2D eigenvalue weighted by Crippen LogP contribution is -2.46. The molecule has 0 radical (unpaired) electrons. The normalized spacial score (nSPS) is 20.6. The number of ether oxygens (including phenoxy) is 1. The molecule has 3 heterocycles. The topological polar surface area (TPSA) is 59.4 Å². The predicted octanol–water partition coefficient (Wildman–Crippen LogP) is 4.29. The number of benzene rings is 2. The van der Waals surface area contributed by atoms with Gasteiger partial charge in [-0.25, -0.2) is 0 Å². The number of nitrogens with zero attached hydrogens (tertiary/aromatic N) is 3. The number of aromatic nitrogens is 2. The zero-order chi connectivity index (χ0) is 21.4. The Morgan fingerprint density at radius 3 is 2.65 bits per heavy atom. The number of carbonyl (C=O) groups is 1. The van der Waals surface area contributed by atoms with Crippen LogP contribution in [0, 0.1) is 13.8 Å². The van der Waals surface area contributed by atoms with E-state index in [9.17, 15) is 4.79 Å². The molecule has 2 atom stereocenters. The SMILES string of the molecule is Cc1nn(Cc2ccccc2)c(C)c1C1Nc2ccccc2C(=O)N1CC1CCCO1. The maximum atomic E-state index is 13.5. The van der Waals surface area contributed by atoms with Crippen LogP contribution < -0.4 is 5.32 Å². The van der Waals surface area contributed by atoms with Crippen molar-refractivity contribution in [1.29, 1.82) is 0 Å². The van der Waals surface area contributed by atoms with Gasteiger partial charge in [-0.1, -0.05) is 42.5 Å². The average molecular weight is 417 g/mol. The zero-order valence-electron chi connectivity index (χ0n) is 18.0. The summed E-state index contributed by atoms with van der Waals surface area (Å²) in [6.07, 6.45) is 1.85. The van der Waals surface area contributed by atoms with Gasteiger partial charge in [0.25, 0.3) is 5.91 Å². The van der Waals surface area contributed by atoms with Crippen molar-refractivity contribution in [3.63, 3.8) is 0 Å². The molecule has 0 aliphatic carbocycles. The van der Waals surface area contributed by atoms with Crippen LogP contribution in [0.4, 0.5) is 5.69 Å². The minimum Gasteiger partial charge on any atom is -0.376 e. The molecule has 0 saturated carbocycles. The van der Waals surface area contributed by atoms with Gasteiger partial charge in [-0.3, -0.25) is 9.48 Å². The van der Waals surface area contributed by atoms with Gasteiger partial charge in [0.15, 0.2) is 0 Å². The van der Waals surface area contributed by atoms with Gasteiger partial charge in [0.2, 0.25) is 0 Å². The van der Waals surface area contributed by atoms with Crippen molar-refractivity contribution in [3.8, 4) is 0 Å². The summed E-state index contributed by atoms with van der Waals surface area (Å²) < 4.78 is 7.92. The molecular weight excluding hydrogens is 388 g/mol. The van der Waals surface area contributed by atoms with E-state index in [4.69, 9.17) is 9.84 Å². The molecule has 1 aromatic heterocycles. The summed E-state index contributed by atoms with van der Waals surface area (Å²) in [5.74, 6) is 0.0458. The zero-order valence-corrected chi connectivity index (χ0v) is 18.0. The number of hydrogen-bond donors (Lipinski definition) is 1. The second-order valence-corrected chi connectivity index (χ2v) is 8.41. The quantitative estimate of drug-likeness (QED) is 0.674. The lowest BCUT2D eigenvalue weighted by molar-refractivity contribution is 0.0425. The second kappa shape index (κ2) is 8.19. The van der Waals surface area contributed by atoms with Crippen LogP contribution in [0.3, 0.4) is 0 Å². The monoisotopic (exact) mass is 416 g/mol. The molecular formula is C25H28N4O2. The van der Waals surface area contributed by atoms with Crippen molar-refractivity contribution < 1.29 is 9.53 Å². The maximum Gasteiger partial charge on any atom is 0.257 e. The molecule has 5 rings (SSSR count). The van der Waals surface area contributed by atoms with Gasteiger partial charge in [-0.2, -0.15) is 5.10 Å². The molecule has 1 saturated heterocycles. The number of aryl methyl sites for hydroxylation is 1. The van der Waals surface area contributed by atoms with Crippen LogP contribution in [0.15, 0.2) is 54.6 Å². The summed E-state index contributed by atoms with van der Waals surface area (Å²) in [4.78, 5) is 15.4. The van der Waals surface area contributed by atoms with Gasteiger partial charge in [-0.05, 0) is 44.4 Å². The van der Waals surface area contributed by atoms with Crippen molar-refractivity contribution >= 4 is 11.6 Å². The fourth-order valence-corrected chi connectivity index (χ4v) is 4.73. The van der Waals surface area contributed by atoms with Crippen molar-refractivity contribution in [2.24, 2.45) is 0 Å². The first kappa shape index (κ1) is 19.8. The Bertz CT molecular complexity index is 1090. The van der Waals surface area contributed by atoms with Gasteiger partial charge in [0.1, 0.15) is 6.17 Å². The third-order valence-electron chi connectivity index (χ3n) is 6.33. The lowest BCUT2D eigenvalue weighted by Gasteiger charge is -2.39. The highest BCUT2D eigenvalue weighted by atomic mass is 16.5. The van der Waals surface area contributed by atoms with E-state index in [-0.39, 0.29) is 18.2 Å². The van der Waals surface area contributed by atoms with Crippen molar-refractivity contribution in [2.75, 3.05) is 18.5 Å². The molecule has 6 nitrogen and oxygen atoms in total. The van der Waals surface area contributed by atoms with Crippen LogP contribution in [0.2, 0.25) is 0 Å². The largest absolute Gasteiger partial charge is 0.376 e. The van der Waals surface area contributed by atoms with E-state index in [1.165, 1.54) is 5.56 Å². The Morgan fingerprint density at radius 1 is 1.10 bits per heavy atom. The molecule has 1 amide bonds. The molecule has 1 N–H and O–H groups in total. The van der Waals surface area contributed by atoms with Gasteiger partial charge in [-0.15, -0.1) is 0 Å². The number of carbonyl (C=O) groups excluding carboxylic acids is 1. The smallest absolute Gasteiger partial charge is 0.257 e. The van der Waals surface area contributed by atoms with Crippen LogP contribution in [0.5, 0.6) is 0 Å². The van der Waals surface area contributed by atoms with E-state index in [2.05, 4.69) is 24.4 Å². The molecule has 31 heavy (non-hydrogen) atoms. The predicted molar refractivity (Wildman–Crippen MR) is 120 cm³/mol. The van der Waals surface area contributed by atoms with Gasteiger partial charge in [0.05, 0.1) is 23.9 Å². The van der Waals surface area contributed by atoms with Gasteiger partial charge in [0, 0.05) is 30.1 Å². The summed E-state index contributed by atoms with van der Waals surface area (Å²) in [7, 11) is 0. The Balaban J connectivity index is 1.52. The molecule has 0 spiro atoms. The summed E-state index contributed by atoms with van der Waals surface area (Å²) in [6.45, 7) is 6.18. The Morgan fingerprint density at radius 2 is 1.87 bits per heavy atom. The number of hydrogen-bond acceptors (Lipinski definition) is 4. The average Bonchev–Trinajstić information content (AvgIpc) is 3.39. The summed E-state index contributed by atoms with van der Waals surface area (Å²) in [6, 6.07) is 18.1. The molecule has 2 aromatic carbocycles. The number of anilines is 1. The number of fused-ring (bicyclic) bond motifs is 1. The Kier molecular flexibility index (Phi) is 5.24. The van der Waals surface area contributed by atoms with Gasteiger partial charge >= 0.3 is 0 Å². The van der Waals surface area contributed by atoms with E-state index < -0.39 is 0 Å². The van der Waals surface area contributed by atoms with Crippen LogP contribution in [-0.4, -0.2) is 39.8 Å². The van der Waals surface area contributed by atoms with Crippen LogP contribution >= 0.6 is 0 Å². The van der Waals surface area contributed by atoms with E-state index in [0.29, 0.717) is 18.7 Å². The molecule has 2 aliphatic rings. The number of rotatable bonds is 5. The van der Waals surface area contributed by atoms with Crippen molar-refractivity contribution in [3.05, 3.63) is 82.7 Å². The van der Waals surface area contributed by atoms with Crippen LogP contribution in [-0.2, 0) is 11.3 Å². The molecule has 3 aromatic rings. The first-order valence-electron chi connectivity index (χ1n) is 11.0. The van der Waals surface area contributed by atoms with Crippen LogP contribution in [0.1, 0.15) is 51.9 Å². The van der Waals surface area contributed by atoms with E-state index in [1.807, 2.05) is 59.0 Å². The fourth-order valence-electron chi connectivity index (χ4n) is 4.73. The molecule has 1 fully saturated rings. The first-order chi connectivity index (χ1) is 15.1. The Labute approximate surface area is 182 Å². The third kappa shape index (κ3) is 3.72. The molecule has 2 unspecified atom stereocenters. The number of nitrogens with one attached hydrogen (secondary N) is 1. The standard InChI is InChI=1S/C25H28N4O2/c1-17-23(18(2)29(27-17)15-19-9-4-3-5-10-19)24-26-22-13-7-6-12-21(22)25(30)28(24)16-20-11-8-14-31-20/h3-7,9-10,12-13,20,24,26H,8,11,14-16H2,1-2H3. The minimum absolute atomic E-state index is 0.0458. The van der Waals surface area contributed by atoms with E-state index in [0.717, 1.165) is 42.1 Å². The summed E-state index contributed by atoms with van der Waals surface area (Å²) in [5.41, 5.74) is 5.86. The van der Waals surface area contributed by atoms with Crippen LogP contribution in [0.25, 0.3) is 0 Å². The highest BCUT2D eigenvalue weighted by molar-refractivity contribution is 6.01. The third-order valence-corrected chi connectivity index (χ3v) is 6.33. The number of amides is 1. The maximum absolute atomic E-state index is 13.5. The Hall–Kier alpha value is -3.12. The van der Waals surface area contributed by atoms with E-state index in [1.54, 1.807) is 0 Å². The summed E-state index contributed by atoms with van der Waals surface area (Å²) in [5, 5.41) is 8.46.